The summed E-state index contributed by atoms with van der Waals surface area (Å²) in [7, 11) is 0. The van der Waals surface area contributed by atoms with Gasteiger partial charge in [-0.1, -0.05) is 13.8 Å². The molecule has 7 nitrogen and oxygen atoms in total. The predicted octanol–water partition coefficient (Wildman–Crippen LogP) is -0.872. The SMILES string of the molecule is CC1(C)[C@H](C(=O)O)[C@@H]1C(=O)NCCNC(N)=O. The number of nitrogens with one attached hydrogen (secondary N) is 2. The van der Waals surface area contributed by atoms with Crippen LogP contribution in [0.15, 0.2) is 0 Å². The molecule has 0 aromatic rings. The van der Waals surface area contributed by atoms with E-state index in [2.05, 4.69) is 10.6 Å². The maximum Gasteiger partial charge on any atom is 0.312 e. The number of hydrogen-bond acceptors (Lipinski definition) is 3. The molecule has 17 heavy (non-hydrogen) atoms. The fourth-order valence-corrected chi connectivity index (χ4v) is 2.07. The first kappa shape index (κ1) is 13.3. The molecule has 1 saturated carbocycles. The predicted molar refractivity (Wildman–Crippen MR) is 59.0 cm³/mol. The van der Waals surface area contributed by atoms with Gasteiger partial charge in [0.15, 0.2) is 0 Å². The third kappa shape index (κ3) is 2.86. The van der Waals surface area contributed by atoms with Gasteiger partial charge in [0.05, 0.1) is 11.8 Å². The Kier molecular flexibility index (Phi) is 3.59. The number of nitrogens with two attached hydrogens (primary N) is 1. The molecule has 0 unspecified atom stereocenters. The molecule has 7 heteroatoms. The smallest absolute Gasteiger partial charge is 0.312 e. The monoisotopic (exact) mass is 243 g/mol. The zero-order valence-corrected chi connectivity index (χ0v) is 9.82. The van der Waals surface area contributed by atoms with Gasteiger partial charge in [-0.2, -0.15) is 0 Å². The van der Waals surface area contributed by atoms with Crippen molar-refractivity contribution in [3.8, 4) is 0 Å². The van der Waals surface area contributed by atoms with Gasteiger partial charge in [0.1, 0.15) is 0 Å². The Labute approximate surface area is 98.7 Å². The molecule has 1 rings (SSSR count). The number of urea groups is 1. The number of rotatable bonds is 5. The molecular weight excluding hydrogens is 226 g/mol. The summed E-state index contributed by atoms with van der Waals surface area (Å²) in [4.78, 5) is 32.9. The van der Waals surface area contributed by atoms with Crippen molar-refractivity contribution in [3.63, 3.8) is 0 Å². The molecule has 1 aliphatic carbocycles. The summed E-state index contributed by atoms with van der Waals surface area (Å²) in [6, 6.07) is -0.658. The first-order chi connectivity index (χ1) is 7.78. The fraction of sp³-hybridized carbons (Fsp3) is 0.700. The molecule has 1 fully saturated rings. The van der Waals surface area contributed by atoms with Gasteiger partial charge in [-0.15, -0.1) is 0 Å². The summed E-state index contributed by atoms with van der Waals surface area (Å²) >= 11 is 0. The highest BCUT2D eigenvalue weighted by atomic mass is 16.4. The molecular formula is C10H17N3O4. The first-order valence-corrected chi connectivity index (χ1v) is 5.32. The quantitative estimate of drug-likeness (QED) is 0.469. The van der Waals surface area contributed by atoms with Gasteiger partial charge in [0.2, 0.25) is 5.91 Å². The van der Waals surface area contributed by atoms with Crippen LogP contribution in [0.5, 0.6) is 0 Å². The lowest BCUT2D eigenvalue weighted by atomic mass is 10.1. The minimum atomic E-state index is -0.953. The van der Waals surface area contributed by atoms with E-state index >= 15 is 0 Å². The number of carbonyl (C=O) groups is 3. The molecule has 1 aliphatic rings. The third-order valence-electron chi connectivity index (χ3n) is 3.10. The van der Waals surface area contributed by atoms with Crippen molar-refractivity contribution in [2.45, 2.75) is 13.8 Å². The van der Waals surface area contributed by atoms with Crippen molar-refractivity contribution in [2.24, 2.45) is 23.0 Å². The van der Waals surface area contributed by atoms with E-state index in [1.54, 1.807) is 13.8 Å². The maximum absolute atomic E-state index is 11.7. The molecule has 0 aliphatic heterocycles. The van der Waals surface area contributed by atoms with Crippen molar-refractivity contribution in [1.82, 2.24) is 10.6 Å². The Hall–Kier alpha value is -1.79. The van der Waals surface area contributed by atoms with Crippen molar-refractivity contribution in [3.05, 3.63) is 0 Å². The summed E-state index contributed by atoms with van der Waals surface area (Å²) in [6.45, 7) is 3.96. The van der Waals surface area contributed by atoms with E-state index in [0.717, 1.165) is 0 Å². The lowest BCUT2D eigenvalue weighted by molar-refractivity contribution is -0.140. The van der Waals surface area contributed by atoms with E-state index in [0.29, 0.717) is 0 Å². The van der Waals surface area contributed by atoms with Crippen LogP contribution in [0, 0.1) is 17.3 Å². The molecule has 0 aromatic carbocycles. The van der Waals surface area contributed by atoms with Crippen molar-refractivity contribution < 1.29 is 19.5 Å². The highest BCUT2D eigenvalue weighted by Crippen LogP contribution is 2.58. The second-order valence-electron chi connectivity index (χ2n) is 4.70. The second-order valence-corrected chi connectivity index (χ2v) is 4.70. The van der Waals surface area contributed by atoms with E-state index < -0.39 is 29.3 Å². The Morgan fingerprint density at radius 2 is 1.71 bits per heavy atom. The lowest BCUT2D eigenvalue weighted by Crippen LogP contribution is -2.38. The van der Waals surface area contributed by atoms with Crippen LogP contribution < -0.4 is 16.4 Å². The zero-order chi connectivity index (χ0) is 13.2. The number of hydrogen-bond donors (Lipinski definition) is 4. The molecule has 3 amide bonds. The molecule has 0 heterocycles. The van der Waals surface area contributed by atoms with Gasteiger partial charge in [0, 0.05) is 13.1 Å². The van der Waals surface area contributed by atoms with E-state index in [1.165, 1.54) is 0 Å². The highest BCUT2D eigenvalue weighted by molar-refractivity contribution is 5.91. The summed E-state index contributed by atoms with van der Waals surface area (Å²) in [5, 5.41) is 13.8. The van der Waals surface area contributed by atoms with Crippen LogP contribution in [0.2, 0.25) is 0 Å². The summed E-state index contributed by atoms with van der Waals surface area (Å²) in [6.07, 6.45) is 0. The van der Waals surface area contributed by atoms with E-state index in [9.17, 15) is 14.4 Å². The molecule has 0 spiro atoms. The third-order valence-corrected chi connectivity index (χ3v) is 3.10. The normalized spacial score (nSPS) is 24.8. The van der Waals surface area contributed by atoms with E-state index in [4.69, 9.17) is 10.8 Å². The molecule has 0 saturated heterocycles. The molecule has 0 aromatic heterocycles. The number of primary amides is 1. The zero-order valence-electron chi connectivity index (χ0n) is 9.82. The molecule has 5 N–H and O–H groups in total. The van der Waals surface area contributed by atoms with Crippen LogP contribution in [0.1, 0.15) is 13.8 Å². The summed E-state index contributed by atoms with van der Waals surface area (Å²) < 4.78 is 0. The summed E-state index contributed by atoms with van der Waals surface area (Å²) in [5.74, 6) is -2.39. The Morgan fingerprint density at radius 1 is 1.18 bits per heavy atom. The standard InChI is InChI=1S/C10H17N3O4/c1-10(2)5(6(10)8(15)16)7(14)12-3-4-13-9(11)17/h5-6H,3-4H2,1-2H3,(H,12,14)(H,15,16)(H3,11,13,17)/t5-,6+/m1/s1. The van der Waals surface area contributed by atoms with Crippen LogP contribution in [-0.4, -0.2) is 36.1 Å². The van der Waals surface area contributed by atoms with Gasteiger partial charge < -0.3 is 21.5 Å². The highest BCUT2D eigenvalue weighted by Gasteiger charge is 2.65. The van der Waals surface area contributed by atoms with E-state index in [-0.39, 0.29) is 19.0 Å². The fourth-order valence-electron chi connectivity index (χ4n) is 2.07. The minimum absolute atomic E-state index is 0.228. The van der Waals surface area contributed by atoms with Crippen molar-refractivity contribution in [2.75, 3.05) is 13.1 Å². The minimum Gasteiger partial charge on any atom is -0.481 e. The van der Waals surface area contributed by atoms with Crippen molar-refractivity contribution >= 4 is 17.9 Å². The van der Waals surface area contributed by atoms with Gasteiger partial charge in [0.25, 0.3) is 0 Å². The molecule has 0 radical (unpaired) electrons. The summed E-state index contributed by atoms with van der Waals surface area (Å²) in [5.41, 5.74) is 4.34. The van der Waals surface area contributed by atoms with Gasteiger partial charge >= 0.3 is 12.0 Å². The maximum atomic E-state index is 11.7. The van der Waals surface area contributed by atoms with Crippen LogP contribution in [-0.2, 0) is 9.59 Å². The number of carboxylic acids is 1. The molecule has 2 atom stereocenters. The average molecular weight is 243 g/mol. The molecule has 0 bridgehead atoms. The van der Waals surface area contributed by atoms with Crippen LogP contribution in [0.25, 0.3) is 0 Å². The number of aliphatic carboxylic acids is 1. The van der Waals surface area contributed by atoms with Crippen LogP contribution in [0.3, 0.4) is 0 Å². The molecule has 96 valence electrons. The van der Waals surface area contributed by atoms with E-state index in [1.807, 2.05) is 0 Å². The van der Waals surface area contributed by atoms with Crippen LogP contribution in [0.4, 0.5) is 4.79 Å². The van der Waals surface area contributed by atoms with Gasteiger partial charge in [-0.05, 0) is 5.41 Å². The second kappa shape index (κ2) is 4.60. The Balaban J connectivity index is 2.35. The van der Waals surface area contributed by atoms with Crippen LogP contribution >= 0.6 is 0 Å². The number of amides is 3. The van der Waals surface area contributed by atoms with Gasteiger partial charge in [-0.3, -0.25) is 9.59 Å². The Morgan fingerprint density at radius 3 is 2.12 bits per heavy atom. The number of carbonyl (C=O) groups excluding carboxylic acids is 2. The van der Waals surface area contributed by atoms with Crippen molar-refractivity contribution in [1.29, 1.82) is 0 Å². The lowest BCUT2D eigenvalue weighted by Gasteiger charge is -2.06. The number of carboxylic acid groups (broad SMARTS) is 1. The topological polar surface area (TPSA) is 122 Å². The Bertz CT molecular complexity index is 353. The first-order valence-electron chi connectivity index (χ1n) is 5.32. The largest absolute Gasteiger partial charge is 0.481 e. The average Bonchev–Trinajstić information content (AvgIpc) is 2.76. The van der Waals surface area contributed by atoms with Gasteiger partial charge in [-0.25, -0.2) is 4.79 Å².